The normalized spacial score (nSPS) is 16.8. The number of rotatable bonds is 10. The van der Waals surface area contributed by atoms with Gasteiger partial charge in [-0.05, 0) is 54.5 Å². The molecule has 0 aliphatic carbocycles. The Hall–Kier alpha value is -2.40. The molecule has 0 spiro atoms. The van der Waals surface area contributed by atoms with E-state index >= 15 is 0 Å². The van der Waals surface area contributed by atoms with Gasteiger partial charge in [0.05, 0.1) is 26.4 Å². The first-order valence-corrected chi connectivity index (χ1v) is 12.2. The third kappa shape index (κ3) is 7.29. The SMILES string of the molecule is C=C1CC2c3cc(OC)c(OCCCOC)cc3CCN2C=C1C(=C)OCC.CCC(C)C. The average Bonchev–Trinajstić information content (AvgIpc) is 2.81. The number of nitrogens with zero attached hydrogens (tertiary/aromatic N) is 1. The first kappa shape index (κ1) is 26.8. The van der Waals surface area contributed by atoms with E-state index in [1.54, 1.807) is 14.2 Å². The summed E-state index contributed by atoms with van der Waals surface area (Å²) in [6.07, 6.45) is 6.12. The van der Waals surface area contributed by atoms with Gasteiger partial charge in [-0.1, -0.05) is 40.3 Å². The van der Waals surface area contributed by atoms with E-state index in [-0.39, 0.29) is 6.04 Å². The van der Waals surface area contributed by atoms with E-state index < -0.39 is 0 Å². The van der Waals surface area contributed by atoms with Gasteiger partial charge in [0.1, 0.15) is 5.76 Å². The van der Waals surface area contributed by atoms with Gasteiger partial charge in [-0.3, -0.25) is 0 Å². The third-order valence-corrected chi connectivity index (χ3v) is 6.13. The molecule has 1 aromatic rings. The molecular weight excluding hydrogens is 414 g/mol. The number of methoxy groups -OCH3 is 2. The maximum Gasteiger partial charge on any atom is 0.161 e. The van der Waals surface area contributed by atoms with Crippen LogP contribution in [0.4, 0.5) is 0 Å². The molecule has 0 N–H and O–H groups in total. The van der Waals surface area contributed by atoms with Crippen LogP contribution in [0, 0.1) is 5.92 Å². The highest BCUT2D eigenvalue weighted by Crippen LogP contribution is 2.44. The standard InChI is InChI=1S/C23H31NO4.C5H12/c1-6-27-17(3)20-15-24-9-8-18-13-23(28-11-7-10-25-4)22(26-5)14-19(18)21(24)12-16(20)2;1-4-5(2)3/h13-15,21H,2-3,6-12H2,1,4-5H3;5H,4H2,1-3H3. The van der Waals surface area contributed by atoms with Crippen LogP contribution in [0.15, 0.2) is 48.4 Å². The van der Waals surface area contributed by atoms with E-state index in [2.05, 4.69) is 57.2 Å². The molecule has 0 amide bonds. The molecule has 184 valence electrons. The second-order valence-electron chi connectivity index (χ2n) is 8.91. The monoisotopic (exact) mass is 457 g/mol. The zero-order chi connectivity index (χ0) is 24.4. The maximum absolute atomic E-state index is 5.95. The Morgan fingerprint density at radius 1 is 1.15 bits per heavy atom. The van der Waals surface area contributed by atoms with Gasteiger partial charge in [0.2, 0.25) is 0 Å². The van der Waals surface area contributed by atoms with Crippen molar-refractivity contribution in [2.45, 2.75) is 59.4 Å². The van der Waals surface area contributed by atoms with Gasteiger partial charge in [-0.25, -0.2) is 0 Å². The van der Waals surface area contributed by atoms with Crippen LogP contribution in [0.25, 0.3) is 0 Å². The summed E-state index contributed by atoms with van der Waals surface area (Å²) in [5.74, 6) is 3.17. The van der Waals surface area contributed by atoms with Crippen molar-refractivity contribution in [2.75, 3.05) is 40.6 Å². The van der Waals surface area contributed by atoms with E-state index in [4.69, 9.17) is 18.9 Å². The number of fused-ring (bicyclic) bond motifs is 3. The highest BCUT2D eigenvalue weighted by molar-refractivity contribution is 5.52. The number of benzene rings is 1. The van der Waals surface area contributed by atoms with Crippen molar-refractivity contribution < 1.29 is 18.9 Å². The number of hydrogen-bond donors (Lipinski definition) is 0. The van der Waals surface area contributed by atoms with Crippen molar-refractivity contribution in [3.8, 4) is 11.5 Å². The van der Waals surface area contributed by atoms with Crippen molar-refractivity contribution in [1.29, 1.82) is 0 Å². The maximum atomic E-state index is 5.95. The Bertz CT molecular complexity index is 827. The van der Waals surface area contributed by atoms with Gasteiger partial charge < -0.3 is 23.8 Å². The molecule has 33 heavy (non-hydrogen) atoms. The Labute approximate surface area is 201 Å². The van der Waals surface area contributed by atoms with Crippen molar-refractivity contribution >= 4 is 0 Å². The van der Waals surface area contributed by atoms with Crippen LogP contribution in [0.2, 0.25) is 0 Å². The van der Waals surface area contributed by atoms with Crippen molar-refractivity contribution in [2.24, 2.45) is 5.92 Å². The van der Waals surface area contributed by atoms with Crippen LogP contribution >= 0.6 is 0 Å². The zero-order valence-corrected chi connectivity index (χ0v) is 21.5. The van der Waals surface area contributed by atoms with Gasteiger partial charge in [0, 0.05) is 38.5 Å². The van der Waals surface area contributed by atoms with E-state index in [1.807, 2.05) is 6.92 Å². The highest BCUT2D eigenvalue weighted by Gasteiger charge is 2.32. The molecule has 5 nitrogen and oxygen atoms in total. The summed E-state index contributed by atoms with van der Waals surface area (Å²) < 4.78 is 22.3. The summed E-state index contributed by atoms with van der Waals surface area (Å²) in [7, 11) is 3.39. The quantitative estimate of drug-likeness (QED) is 0.298. The smallest absolute Gasteiger partial charge is 0.161 e. The fraction of sp³-hybridized carbons (Fsp3) is 0.571. The van der Waals surface area contributed by atoms with Crippen LogP contribution in [0.3, 0.4) is 0 Å². The van der Waals surface area contributed by atoms with Crippen molar-refractivity contribution in [3.63, 3.8) is 0 Å². The first-order chi connectivity index (χ1) is 15.9. The lowest BCUT2D eigenvalue weighted by atomic mass is 9.84. The van der Waals surface area contributed by atoms with Gasteiger partial charge in [0.15, 0.2) is 11.5 Å². The second-order valence-corrected chi connectivity index (χ2v) is 8.91. The molecular formula is C28H43NO4. The molecule has 2 aliphatic rings. The fourth-order valence-electron chi connectivity index (χ4n) is 3.89. The summed E-state index contributed by atoms with van der Waals surface area (Å²) in [5, 5.41) is 0. The average molecular weight is 458 g/mol. The third-order valence-electron chi connectivity index (χ3n) is 6.13. The minimum atomic E-state index is 0.255. The van der Waals surface area contributed by atoms with Crippen LogP contribution in [-0.2, 0) is 15.9 Å². The molecule has 0 aromatic heterocycles. The summed E-state index contributed by atoms with van der Waals surface area (Å²) in [4.78, 5) is 2.37. The topological polar surface area (TPSA) is 40.2 Å². The molecule has 0 saturated carbocycles. The van der Waals surface area contributed by atoms with Crippen LogP contribution in [0.1, 0.15) is 64.1 Å². The lowest BCUT2D eigenvalue weighted by Gasteiger charge is -2.41. The molecule has 0 bridgehead atoms. The van der Waals surface area contributed by atoms with E-state index in [0.29, 0.717) is 25.6 Å². The summed E-state index contributed by atoms with van der Waals surface area (Å²) in [6, 6.07) is 4.52. The van der Waals surface area contributed by atoms with Gasteiger partial charge in [0.25, 0.3) is 0 Å². The number of hydrogen-bond acceptors (Lipinski definition) is 5. The number of allylic oxidation sites excluding steroid dienone is 1. The van der Waals surface area contributed by atoms with Gasteiger partial charge >= 0.3 is 0 Å². The Morgan fingerprint density at radius 2 is 1.88 bits per heavy atom. The molecule has 1 unspecified atom stereocenters. The van der Waals surface area contributed by atoms with Crippen LogP contribution < -0.4 is 9.47 Å². The highest BCUT2D eigenvalue weighted by atomic mass is 16.5. The molecule has 2 heterocycles. The molecule has 3 rings (SSSR count). The first-order valence-electron chi connectivity index (χ1n) is 12.2. The summed E-state index contributed by atoms with van der Waals surface area (Å²) >= 11 is 0. The Balaban J connectivity index is 0.000000696. The molecule has 1 atom stereocenters. The fourth-order valence-corrected chi connectivity index (χ4v) is 3.89. The minimum absolute atomic E-state index is 0.255. The molecule has 0 radical (unpaired) electrons. The van der Waals surface area contributed by atoms with Crippen molar-refractivity contribution in [3.05, 3.63) is 59.5 Å². The Kier molecular flexibility index (Phi) is 10.9. The lowest BCUT2D eigenvalue weighted by molar-refractivity contribution is 0.170. The molecule has 2 aliphatic heterocycles. The summed E-state index contributed by atoms with van der Waals surface area (Å²) in [5.41, 5.74) is 4.68. The largest absolute Gasteiger partial charge is 0.494 e. The molecule has 0 fully saturated rings. The molecule has 0 saturated heterocycles. The van der Waals surface area contributed by atoms with E-state index in [0.717, 1.165) is 54.4 Å². The predicted octanol–water partition coefficient (Wildman–Crippen LogP) is 6.46. The minimum Gasteiger partial charge on any atom is -0.494 e. The van der Waals surface area contributed by atoms with E-state index in [1.165, 1.54) is 17.5 Å². The predicted molar refractivity (Wildman–Crippen MR) is 136 cm³/mol. The second kappa shape index (κ2) is 13.3. The zero-order valence-electron chi connectivity index (χ0n) is 21.5. The van der Waals surface area contributed by atoms with Crippen molar-refractivity contribution in [1.82, 2.24) is 4.90 Å². The van der Waals surface area contributed by atoms with Gasteiger partial charge in [-0.15, -0.1) is 0 Å². The molecule has 5 heteroatoms. The van der Waals surface area contributed by atoms with Crippen LogP contribution in [0.5, 0.6) is 11.5 Å². The number of ether oxygens (including phenoxy) is 4. The van der Waals surface area contributed by atoms with Crippen LogP contribution in [-0.4, -0.2) is 45.5 Å². The lowest BCUT2D eigenvalue weighted by Crippen LogP contribution is -2.35. The van der Waals surface area contributed by atoms with E-state index in [9.17, 15) is 0 Å². The Morgan fingerprint density at radius 3 is 2.48 bits per heavy atom. The van der Waals surface area contributed by atoms with Gasteiger partial charge in [-0.2, -0.15) is 0 Å². The molecule has 1 aromatic carbocycles. The summed E-state index contributed by atoms with van der Waals surface area (Å²) in [6.45, 7) is 19.8.